The van der Waals surface area contributed by atoms with Crippen molar-refractivity contribution in [3.63, 3.8) is 0 Å². The number of carbonyl (C=O) groups excluding carboxylic acids is 2. The molecule has 4 rings (SSSR count). The second-order valence-corrected chi connectivity index (χ2v) is 6.42. The number of H-pyrrole nitrogens is 1. The Bertz CT molecular complexity index is 1030. The van der Waals surface area contributed by atoms with Crippen LogP contribution in [0.3, 0.4) is 0 Å². The summed E-state index contributed by atoms with van der Waals surface area (Å²) in [4.78, 5) is 29.6. The lowest BCUT2D eigenvalue weighted by atomic mass is 10.2. The van der Waals surface area contributed by atoms with E-state index in [4.69, 9.17) is 14.2 Å². The first-order chi connectivity index (χ1) is 13.7. The van der Waals surface area contributed by atoms with Gasteiger partial charge in [0.2, 0.25) is 6.79 Å². The Hall–Kier alpha value is -3.48. The number of likely N-dealkylation sites (N-methyl/N-ethyl adjacent to an activating group) is 1. The van der Waals surface area contributed by atoms with Crippen LogP contribution in [0.5, 0.6) is 11.5 Å². The zero-order valence-corrected chi connectivity index (χ0v) is 15.4. The Balaban J connectivity index is 1.38. The summed E-state index contributed by atoms with van der Waals surface area (Å²) >= 11 is 0. The van der Waals surface area contributed by atoms with E-state index in [-0.39, 0.29) is 19.3 Å². The Morgan fingerprint density at radius 1 is 1.14 bits per heavy atom. The molecule has 0 saturated heterocycles. The van der Waals surface area contributed by atoms with Gasteiger partial charge in [-0.1, -0.05) is 24.3 Å². The van der Waals surface area contributed by atoms with Crippen molar-refractivity contribution in [3.8, 4) is 11.5 Å². The van der Waals surface area contributed by atoms with Crippen LogP contribution in [0.2, 0.25) is 0 Å². The minimum Gasteiger partial charge on any atom is -0.454 e. The number of hydrogen-bond donors (Lipinski definition) is 1. The summed E-state index contributed by atoms with van der Waals surface area (Å²) < 4.78 is 15.9. The first-order valence-electron chi connectivity index (χ1n) is 9.05. The number of nitrogens with one attached hydrogen (secondary N) is 1. The van der Waals surface area contributed by atoms with Crippen molar-refractivity contribution in [2.45, 2.75) is 13.5 Å². The zero-order chi connectivity index (χ0) is 19.5. The van der Waals surface area contributed by atoms with Crippen molar-refractivity contribution >= 4 is 22.8 Å². The Morgan fingerprint density at radius 2 is 1.96 bits per heavy atom. The van der Waals surface area contributed by atoms with Crippen molar-refractivity contribution in [2.24, 2.45) is 0 Å². The van der Waals surface area contributed by atoms with E-state index in [1.165, 1.54) is 0 Å². The molecule has 1 amide bonds. The molecule has 1 aliphatic heterocycles. The summed E-state index contributed by atoms with van der Waals surface area (Å²) in [5, 5.41) is 0.771. The molecule has 0 bridgehead atoms. The van der Waals surface area contributed by atoms with Crippen LogP contribution in [0.1, 0.15) is 22.8 Å². The number of rotatable bonds is 6. The fraction of sp³-hybridized carbons (Fsp3) is 0.238. The maximum absolute atomic E-state index is 12.5. The van der Waals surface area contributed by atoms with E-state index in [2.05, 4.69) is 4.98 Å². The van der Waals surface area contributed by atoms with E-state index >= 15 is 0 Å². The van der Waals surface area contributed by atoms with Gasteiger partial charge in [-0.25, -0.2) is 4.79 Å². The number of nitrogens with zero attached hydrogens (tertiary/aromatic N) is 1. The van der Waals surface area contributed by atoms with Gasteiger partial charge in [-0.05, 0) is 30.7 Å². The highest BCUT2D eigenvalue weighted by molar-refractivity contribution is 6.04. The van der Waals surface area contributed by atoms with Crippen LogP contribution in [0.15, 0.2) is 48.7 Å². The highest BCUT2D eigenvalue weighted by Gasteiger charge is 2.19. The number of esters is 1. The minimum atomic E-state index is -0.523. The van der Waals surface area contributed by atoms with Gasteiger partial charge in [-0.2, -0.15) is 0 Å². The van der Waals surface area contributed by atoms with Crippen molar-refractivity contribution in [1.29, 1.82) is 0 Å². The van der Waals surface area contributed by atoms with Crippen LogP contribution in [0.25, 0.3) is 10.9 Å². The normalized spacial score (nSPS) is 12.2. The monoisotopic (exact) mass is 380 g/mol. The average molecular weight is 380 g/mol. The largest absolute Gasteiger partial charge is 0.454 e. The smallest absolute Gasteiger partial charge is 0.340 e. The van der Waals surface area contributed by atoms with Gasteiger partial charge in [-0.15, -0.1) is 0 Å². The van der Waals surface area contributed by atoms with Crippen molar-refractivity contribution in [2.75, 3.05) is 19.9 Å². The lowest BCUT2D eigenvalue weighted by Crippen LogP contribution is -2.34. The number of carbonyl (C=O) groups is 2. The van der Waals surface area contributed by atoms with E-state index in [9.17, 15) is 9.59 Å². The third-order valence-electron chi connectivity index (χ3n) is 4.68. The number of aromatic amines is 1. The van der Waals surface area contributed by atoms with Gasteiger partial charge in [0.15, 0.2) is 18.1 Å². The number of fused-ring (bicyclic) bond motifs is 2. The van der Waals surface area contributed by atoms with Gasteiger partial charge in [0.1, 0.15) is 0 Å². The molecule has 3 aromatic rings. The molecule has 0 atom stereocenters. The standard InChI is InChI=1S/C21H20N2O5/c1-2-23(11-14-7-8-18-19(9-14)28-13-27-18)20(24)12-26-21(25)16-10-22-17-6-4-3-5-15(16)17/h3-10,22H,2,11-13H2,1H3. The van der Waals surface area contributed by atoms with Crippen LogP contribution in [0, 0.1) is 0 Å². The second kappa shape index (κ2) is 7.64. The lowest BCUT2D eigenvalue weighted by molar-refractivity contribution is -0.134. The summed E-state index contributed by atoms with van der Waals surface area (Å²) in [7, 11) is 0. The van der Waals surface area contributed by atoms with Crippen LogP contribution < -0.4 is 9.47 Å². The number of ether oxygens (including phenoxy) is 3. The molecule has 7 nitrogen and oxygen atoms in total. The number of benzene rings is 2. The SMILES string of the molecule is CCN(Cc1ccc2c(c1)OCO2)C(=O)COC(=O)c1c[nH]c2ccccc12. The Morgan fingerprint density at radius 3 is 2.82 bits per heavy atom. The molecule has 1 aliphatic rings. The minimum absolute atomic E-state index is 0.207. The van der Waals surface area contributed by atoms with Crippen LogP contribution >= 0.6 is 0 Å². The maximum atomic E-state index is 12.5. The first-order valence-corrected chi connectivity index (χ1v) is 9.05. The molecule has 0 saturated carbocycles. The molecule has 2 heterocycles. The molecule has 0 radical (unpaired) electrons. The van der Waals surface area contributed by atoms with Crippen molar-refractivity contribution in [1.82, 2.24) is 9.88 Å². The van der Waals surface area contributed by atoms with Gasteiger partial charge in [0, 0.05) is 30.2 Å². The fourth-order valence-electron chi connectivity index (χ4n) is 3.17. The number of amides is 1. The quantitative estimate of drug-likeness (QED) is 0.665. The molecule has 0 unspecified atom stereocenters. The molecule has 7 heteroatoms. The van der Waals surface area contributed by atoms with Gasteiger partial charge < -0.3 is 24.1 Å². The van der Waals surface area contributed by atoms with E-state index in [0.29, 0.717) is 30.2 Å². The molecule has 0 fully saturated rings. The summed E-state index contributed by atoms with van der Waals surface area (Å²) in [6, 6.07) is 13.0. The highest BCUT2D eigenvalue weighted by Crippen LogP contribution is 2.32. The maximum Gasteiger partial charge on any atom is 0.340 e. The van der Waals surface area contributed by atoms with E-state index in [1.807, 2.05) is 49.4 Å². The highest BCUT2D eigenvalue weighted by atomic mass is 16.7. The summed E-state index contributed by atoms with van der Waals surface area (Å²) in [6.07, 6.45) is 1.60. The molecule has 0 aliphatic carbocycles. The van der Waals surface area contributed by atoms with Gasteiger partial charge in [0.05, 0.1) is 5.56 Å². The molecule has 28 heavy (non-hydrogen) atoms. The van der Waals surface area contributed by atoms with Gasteiger partial charge in [-0.3, -0.25) is 4.79 Å². The number of hydrogen-bond acceptors (Lipinski definition) is 5. The lowest BCUT2D eigenvalue weighted by Gasteiger charge is -2.21. The number of para-hydroxylation sites is 1. The third kappa shape index (κ3) is 3.51. The molecule has 1 aromatic heterocycles. The van der Waals surface area contributed by atoms with E-state index < -0.39 is 5.97 Å². The van der Waals surface area contributed by atoms with Gasteiger partial charge in [0.25, 0.3) is 5.91 Å². The molecule has 0 spiro atoms. The first kappa shape index (κ1) is 17.9. The summed E-state index contributed by atoms with van der Waals surface area (Å²) in [6.45, 7) is 2.68. The topological polar surface area (TPSA) is 80.9 Å². The van der Waals surface area contributed by atoms with E-state index in [1.54, 1.807) is 11.1 Å². The average Bonchev–Trinajstić information content (AvgIpc) is 3.36. The van der Waals surface area contributed by atoms with Crippen LogP contribution in [-0.2, 0) is 16.1 Å². The second-order valence-electron chi connectivity index (χ2n) is 6.42. The molecule has 1 N–H and O–H groups in total. The fourth-order valence-corrected chi connectivity index (χ4v) is 3.17. The van der Waals surface area contributed by atoms with Crippen molar-refractivity contribution in [3.05, 3.63) is 59.8 Å². The Kier molecular flexibility index (Phi) is 4.89. The summed E-state index contributed by atoms with van der Waals surface area (Å²) in [5.41, 5.74) is 2.18. The van der Waals surface area contributed by atoms with Crippen LogP contribution in [-0.4, -0.2) is 41.7 Å². The molecular weight excluding hydrogens is 360 g/mol. The van der Waals surface area contributed by atoms with Gasteiger partial charge >= 0.3 is 5.97 Å². The predicted octanol–water partition coefficient (Wildman–Crippen LogP) is 3.10. The molecule has 144 valence electrons. The summed E-state index contributed by atoms with van der Waals surface area (Å²) in [5.74, 6) is 0.593. The van der Waals surface area contributed by atoms with E-state index in [0.717, 1.165) is 16.5 Å². The number of aromatic nitrogens is 1. The van der Waals surface area contributed by atoms with Crippen molar-refractivity contribution < 1.29 is 23.8 Å². The zero-order valence-electron chi connectivity index (χ0n) is 15.4. The molecule has 2 aromatic carbocycles. The Labute approximate surface area is 161 Å². The van der Waals surface area contributed by atoms with Crippen LogP contribution in [0.4, 0.5) is 0 Å². The predicted molar refractivity (Wildman–Crippen MR) is 102 cm³/mol. The molecular formula is C21H20N2O5. The third-order valence-corrected chi connectivity index (χ3v) is 4.68.